The zero-order valence-electron chi connectivity index (χ0n) is 12.0. The van der Waals surface area contributed by atoms with Gasteiger partial charge in [0, 0.05) is 39.6 Å². The molecule has 0 aromatic rings. The number of methoxy groups -OCH3 is 1. The number of hydrogen-bond donors (Lipinski definition) is 1. The van der Waals surface area contributed by atoms with Gasteiger partial charge >= 0.3 is 0 Å². The number of rotatable bonds is 9. The smallest absolute Gasteiger partial charge is 0.223 e. The standard InChI is InChI=1S/C13H26N2O3/c1-5-12(6-2)13(17)14-7-8-15(11(3)16)9-10-18-4/h12H,5-10H2,1-4H3,(H,14,17). The van der Waals surface area contributed by atoms with Crippen molar-refractivity contribution in [2.75, 3.05) is 33.4 Å². The molecule has 0 aliphatic rings. The van der Waals surface area contributed by atoms with E-state index >= 15 is 0 Å². The van der Waals surface area contributed by atoms with E-state index in [9.17, 15) is 9.59 Å². The summed E-state index contributed by atoms with van der Waals surface area (Å²) in [5.41, 5.74) is 0. The van der Waals surface area contributed by atoms with Crippen LogP contribution in [0.2, 0.25) is 0 Å². The van der Waals surface area contributed by atoms with Crippen molar-refractivity contribution in [1.29, 1.82) is 0 Å². The number of nitrogens with one attached hydrogen (secondary N) is 1. The molecule has 5 nitrogen and oxygen atoms in total. The molecule has 0 bridgehead atoms. The van der Waals surface area contributed by atoms with E-state index in [-0.39, 0.29) is 17.7 Å². The lowest BCUT2D eigenvalue weighted by molar-refractivity contribution is -0.130. The maximum Gasteiger partial charge on any atom is 0.223 e. The molecule has 5 heteroatoms. The van der Waals surface area contributed by atoms with Crippen LogP contribution in [0.3, 0.4) is 0 Å². The molecule has 0 aliphatic heterocycles. The number of amides is 2. The maximum absolute atomic E-state index is 11.7. The number of carbonyl (C=O) groups is 2. The van der Waals surface area contributed by atoms with E-state index in [1.54, 1.807) is 12.0 Å². The topological polar surface area (TPSA) is 58.6 Å². The van der Waals surface area contributed by atoms with Crippen LogP contribution in [0, 0.1) is 5.92 Å². The molecule has 0 aromatic heterocycles. The van der Waals surface area contributed by atoms with E-state index in [1.165, 1.54) is 6.92 Å². The number of hydrogen-bond acceptors (Lipinski definition) is 3. The second-order valence-corrected chi connectivity index (χ2v) is 4.30. The van der Waals surface area contributed by atoms with Gasteiger partial charge < -0.3 is 15.0 Å². The largest absolute Gasteiger partial charge is 0.383 e. The fraction of sp³-hybridized carbons (Fsp3) is 0.846. The molecule has 1 N–H and O–H groups in total. The molecule has 0 rings (SSSR count). The molecule has 18 heavy (non-hydrogen) atoms. The highest BCUT2D eigenvalue weighted by atomic mass is 16.5. The van der Waals surface area contributed by atoms with Crippen molar-refractivity contribution in [1.82, 2.24) is 10.2 Å². The third-order valence-electron chi connectivity index (χ3n) is 3.05. The minimum atomic E-state index is 0.00355. The Morgan fingerprint density at radius 2 is 1.83 bits per heavy atom. The zero-order valence-corrected chi connectivity index (χ0v) is 12.0. The predicted molar refractivity (Wildman–Crippen MR) is 71.2 cm³/mol. The average Bonchev–Trinajstić information content (AvgIpc) is 2.34. The Balaban J connectivity index is 3.98. The number of ether oxygens (including phenoxy) is 1. The van der Waals surface area contributed by atoms with Crippen LogP contribution in [0.25, 0.3) is 0 Å². The summed E-state index contributed by atoms with van der Waals surface area (Å²) in [5, 5.41) is 2.87. The Labute approximate surface area is 110 Å². The van der Waals surface area contributed by atoms with Crippen molar-refractivity contribution in [3.63, 3.8) is 0 Å². The van der Waals surface area contributed by atoms with Crippen molar-refractivity contribution in [3.8, 4) is 0 Å². The molecule has 106 valence electrons. The summed E-state index contributed by atoms with van der Waals surface area (Å²) in [4.78, 5) is 24.7. The van der Waals surface area contributed by atoms with Gasteiger partial charge in [0.1, 0.15) is 0 Å². The molecule has 0 saturated heterocycles. The minimum absolute atomic E-state index is 0.00355. The summed E-state index contributed by atoms with van der Waals surface area (Å²) in [6.07, 6.45) is 1.70. The first-order chi connectivity index (χ1) is 8.56. The molecule has 0 aromatic carbocycles. The summed E-state index contributed by atoms with van der Waals surface area (Å²) < 4.78 is 4.94. The Kier molecular flexibility index (Phi) is 9.28. The van der Waals surface area contributed by atoms with Gasteiger partial charge in [-0.15, -0.1) is 0 Å². The van der Waals surface area contributed by atoms with Crippen LogP contribution in [0.5, 0.6) is 0 Å². The van der Waals surface area contributed by atoms with Gasteiger partial charge in [0.2, 0.25) is 11.8 Å². The van der Waals surface area contributed by atoms with Crippen LogP contribution >= 0.6 is 0 Å². The third kappa shape index (κ3) is 6.59. The van der Waals surface area contributed by atoms with Crippen molar-refractivity contribution in [2.45, 2.75) is 33.6 Å². The van der Waals surface area contributed by atoms with E-state index < -0.39 is 0 Å². The zero-order chi connectivity index (χ0) is 14.0. The van der Waals surface area contributed by atoms with Crippen LogP contribution < -0.4 is 5.32 Å². The molecular weight excluding hydrogens is 232 g/mol. The van der Waals surface area contributed by atoms with E-state index in [1.807, 2.05) is 13.8 Å². The molecule has 0 radical (unpaired) electrons. The van der Waals surface area contributed by atoms with Crippen LogP contribution in [-0.2, 0) is 14.3 Å². The van der Waals surface area contributed by atoms with Gasteiger partial charge in [-0.25, -0.2) is 0 Å². The Bertz CT molecular complexity index is 253. The molecule has 0 spiro atoms. The van der Waals surface area contributed by atoms with Gasteiger partial charge in [-0.2, -0.15) is 0 Å². The fourth-order valence-electron chi connectivity index (χ4n) is 1.75. The average molecular weight is 258 g/mol. The molecule has 0 fully saturated rings. The molecule has 0 aliphatic carbocycles. The van der Waals surface area contributed by atoms with Crippen LogP contribution in [0.1, 0.15) is 33.6 Å². The van der Waals surface area contributed by atoms with Gasteiger partial charge in [0.25, 0.3) is 0 Å². The van der Waals surface area contributed by atoms with Crippen molar-refractivity contribution in [2.24, 2.45) is 5.92 Å². The normalized spacial score (nSPS) is 10.5. The quantitative estimate of drug-likeness (QED) is 0.672. The molecule has 0 atom stereocenters. The summed E-state index contributed by atoms with van der Waals surface area (Å²) in [6.45, 7) is 7.65. The van der Waals surface area contributed by atoms with Crippen LogP contribution in [-0.4, -0.2) is 50.1 Å². The summed E-state index contributed by atoms with van der Waals surface area (Å²) in [6, 6.07) is 0. The Hall–Kier alpha value is -1.10. The highest BCUT2D eigenvalue weighted by Crippen LogP contribution is 2.06. The summed E-state index contributed by atoms with van der Waals surface area (Å²) in [5.74, 6) is 0.161. The first kappa shape index (κ1) is 16.9. The second-order valence-electron chi connectivity index (χ2n) is 4.30. The lowest BCUT2D eigenvalue weighted by Gasteiger charge is -2.21. The number of nitrogens with zero attached hydrogens (tertiary/aromatic N) is 1. The highest BCUT2D eigenvalue weighted by molar-refractivity contribution is 5.78. The molecule has 0 unspecified atom stereocenters. The van der Waals surface area contributed by atoms with Gasteiger partial charge in [-0.1, -0.05) is 13.8 Å². The first-order valence-electron chi connectivity index (χ1n) is 6.58. The van der Waals surface area contributed by atoms with Crippen molar-refractivity contribution in [3.05, 3.63) is 0 Å². The van der Waals surface area contributed by atoms with Gasteiger partial charge in [0.15, 0.2) is 0 Å². The third-order valence-corrected chi connectivity index (χ3v) is 3.05. The van der Waals surface area contributed by atoms with Gasteiger partial charge in [0.05, 0.1) is 6.61 Å². The van der Waals surface area contributed by atoms with E-state index in [4.69, 9.17) is 4.74 Å². The lowest BCUT2D eigenvalue weighted by Crippen LogP contribution is -2.40. The van der Waals surface area contributed by atoms with E-state index in [2.05, 4.69) is 5.32 Å². The van der Waals surface area contributed by atoms with Gasteiger partial charge in [-0.3, -0.25) is 9.59 Å². The second kappa shape index (κ2) is 9.88. The molecule has 0 heterocycles. The number of carbonyl (C=O) groups excluding carboxylic acids is 2. The Morgan fingerprint density at radius 1 is 1.22 bits per heavy atom. The summed E-state index contributed by atoms with van der Waals surface area (Å²) in [7, 11) is 1.60. The predicted octanol–water partition coefficient (Wildman–Crippen LogP) is 1.03. The lowest BCUT2D eigenvalue weighted by atomic mass is 10.0. The van der Waals surface area contributed by atoms with Crippen molar-refractivity contribution >= 4 is 11.8 Å². The minimum Gasteiger partial charge on any atom is -0.383 e. The highest BCUT2D eigenvalue weighted by Gasteiger charge is 2.14. The summed E-state index contributed by atoms with van der Waals surface area (Å²) >= 11 is 0. The van der Waals surface area contributed by atoms with Crippen LogP contribution in [0.15, 0.2) is 0 Å². The first-order valence-corrected chi connectivity index (χ1v) is 6.58. The molecular formula is C13H26N2O3. The molecule has 0 saturated carbocycles. The van der Waals surface area contributed by atoms with E-state index in [0.29, 0.717) is 26.2 Å². The van der Waals surface area contributed by atoms with E-state index in [0.717, 1.165) is 12.8 Å². The maximum atomic E-state index is 11.7. The van der Waals surface area contributed by atoms with Crippen LogP contribution in [0.4, 0.5) is 0 Å². The Morgan fingerprint density at radius 3 is 2.28 bits per heavy atom. The fourth-order valence-corrected chi connectivity index (χ4v) is 1.75. The molecule has 2 amide bonds. The monoisotopic (exact) mass is 258 g/mol. The SMILES string of the molecule is CCC(CC)C(=O)NCCN(CCOC)C(C)=O. The van der Waals surface area contributed by atoms with Gasteiger partial charge in [-0.05, 0) is 12.8 Å². The van der Waals surface area contributed by atoms with Crippen molar-refractivity contribution < 1.29 is 14.3 Å².